The van der Waals surface area contributed by atoms with E-state index in [2.05, 4.69) is 34.7 Å². The topological polar surface area (TPSA) is 50.1 Å². The van der Waals surface area contributed by atoms with E-state index in [0.717, 1.165) is 17.8 Å². The van der Waals surface area contributed by atoms with Crippen LogP contribution < -0.4 is 5.32 Å². The highest BCUT2D eigenvalue weighted by molar-refractivity contribution is 5.45. The molecule has 106 valence electrons. The van der Waals surface area contributed by atoms with Gasteiger partial charge < -0.3 is 10.4 Å². The summed E-state index contributed by atoms with van der Waals surface area (Å²) in [6.45, 7) is 1.47. The average Bonchev–Trinajstić information content (AvgIpc) is 3.00. The lowest BCUT2D eigenvalue weighted by Gasteiger charge is -2.08. The van der Waals surface area contributed by atoms with E-state index in [4.69, 9.17) is 0 Å². The Labute approximate surface area is 123 Å². The third-order valence-corrected chi connectivity index (χ3v) is 3.26. The van der Waals surface area contributed by atoms with Gasteiger partial charge in [0.15, 0.2) is 0 Å². The molecule has 2 N–H and O–H groups in total. The number of nitrogens with zero attached hydrogens (tertiary/aromatic N) is 2. The number of benzene rings is 2. The molecule has 0 aliphatic rings. The number of aromatic nitrogens is 2. The van der Waals surface area contributed by atoms with Gasteiger partial charge in [-0.3, -0.25) is 4.68 Å². The molecular formula is C17H17N3O. The van der Waals surface area contributed by atoms with Crippen LogP contribution in [0.1, 0.15) is 11.1 Å². The molecule has 4 heteroatoms. The third-order valence-electron chi connectivity index (χ3n) is 3.26. The molecule has 1 heterocycles. The Kier molecular flexibility index (Phi) is 3.87. The number of rotatable bonds is 5. The molecule has 0 amide bonds. The van der Waals surface area contributed by atoms with Crippen LogP contribution in [0.15, 0.2) is 67.0 Å². The Morgan fingerprint density at radius 2 is 1.86 bits per heavy atom. The minimum atomic E-state index is 0.295. The van der Waals surface area contributed by atoms with Crippen LogP contribution in [0.2, 0.25) is 0 Å². The molecule has 0 saturated carbocycles. The molecule has 0 fully saturated rings. The minimum Gasteiger partial charge on any atom is -0.508 e. The predicted octanol–water partition coefficient (Wildman–Crippen LogP) is 3.25. The molecule has 1 aromatic heterocycles. The maximum atomic E-state index is 9.43. The van der Waals surface area contributed by atoms with E-state index in [1.165, 1.54) is 5.56 Å². The van der Waals surface area contributed by atoms with E-state index in [1.54, 1.807) is 18.3 Å². The molecule has 2 aromatic carbocycles. The molecule has 3 aromatic rings. The zero-order chi connectivity index (χ0) is 14.5. The lowest BCUT2D eigenvalue weighted by atomic mass is 10.2. The summed E-state index contributed by atoms with van der Waals surface area (Å²) in [5.41, 5.74) is 3.32. The van der Waals surface area contributed by atoms with Crippen molar-refractivity contribution < 1.29 is 5.11 Å². The Bertz CT molecular complexity index is 690. The molecule has 0 atom stereocenters. The molecule has 0 aliphatic heterocycles. The Balaban J connectivity index is 1.59. The Morgan fingerprint density at radius 3 is 2.57 bits per heavy atom. The lowest BCUT2D eigenvalue weighted by Crippen LogP contribution is -2.01. The van der Waals surface area contributed by atoms with Crippen LogP contribution in [0.25, 0.3) is 0 Å². The van der Waals surface area contributed by atoms with Crippen molar-refractivity contribution in [2.75, 3.05) is 5.32 Å². The van der Waals surface area contributed by atoms with Gasteiger partial charge in [0.05, 0.1) is 6.54 Å². The highest BCUT2D eigenvalue weighted by atomic mass is 16.3. The summed E-state index contributed by atoms with van der Waals surface area (Å²) in [5.74, 6) is 0.295. The van der Waals surface area contributed by atoms with E-state index >= 15 is 0 Å². The summed E-state index contributed by atoms with van der Waals surface area (Å²) in [4.78, 5) is 0. The van der Waals surface area contributed by atoms with Crippen LogP contribution in [0.4, 0.5) is 5.69 Å². The minimum absolute atomic E-state index is 0.295. The van der Waals surface area contributed by atoms with Crippen LogP contribution in [0.3, 0.4) is 0 Å². The van der Waals surface area contributed by atoms with Crippen LogP contribution in [-0.2, 0) is 13.1 Å². The highest BCUT2D eigenvalue weighted by Gasteiger charge is 1.98. The van der Waals surface area contributed by atoms with Crippen molar-refractivity contribution in [3.63, 3.8) is 0 Å². The second-order valence-electron chi connectivity index (χ2n) is 4.92. The number of phenols is 1. The summed E-state index contributed by atoms with van der Waals surface area (Å²) < 4.78 is 1.90. The van der Waals surface area contributed by atoms with Crippen molar-refractivity contribution in [2.45, 2.75) is 13.1 Å². The van der Waals surface area contributed by atoms with E-state index in [0.29, 0.717) is 12.3 Å². The number of aromatic hydroxyl groups is 1. The van der Waals surface area contributed by atoms with Crippen LogP contribution in [0.5, 0.6) is 5.75 Å². The molecular weight excluding hydrogens is 262 g/mol. The zero-order valence-electron chi connectivity index (χ0n) is 11.6. The van der Waals surface area contributed by atoms with Gasteiger partial charge in [-0.1, -0.05) is 24.3 Å². The summed E-state index contributed by atoms with van der Waals surface area (Å²) in [7, 11) is 0. The van der Waals surface area contributed by atoms with Crippen LogP contribution >= 0.6 is 0 Å². The van der Waals surface area contributed by atoms with Crippen molar-refractivity contribution in [1.82, 2.24) is 9.78 Å². The van der Waals surface area contributed by atoms with E-state index < -0.39 is 0 Å². The van der Waals surface area contributed by atoms with E-state index in [1.807, 2.05) is 29.1 Å². The van der Waals surface area contributed by atoms with Gasteiger partial charge in [-0.15, -0.1) is 0 Å². The molecule has 0 saturated heterocycles. The number of hydrogen-bond acceptors (Lipinski definition) is 3. The van der Waals surface area contributed by atoms with Crippen molar-refractivity contribution in [3.05, 3.63) is 78.1 Å². The third kappa shape index (κ3) is 3.63. The maximum absolute atomic E-state index is 9.43. The van der Waals surface area contributed by atoms with Crippen molar-refractivity contribution in [1.29, 1.82) is 0 Å². The number of nitrogens with one attached hydrogen (secondary N) is 1. The Morgan fingerprint density at radius 1 is 1.00 bits per heavy atom. The summed E-state index contributed by atoms with van der Waals surface area (Å²) in [6.07, 6.45) is 3.74. The van der Waals surface area contributed by atoms with Gasteiger partial charge in [-0.25, -0.2) is 0 Å². The highest BCUT2D eigenvalue weighted by Crippen LogP contribution is 2.14. The van der Waals surface area contributed by atoms with E-state index in [9.17, 15) is 5.11 Å². The first kappa shape index (κ1) is 13.2. The van der Waals surface area contributed by atoms with Gasteiger partial charge in [0, 0.05) is 24.6 Å². The lowest BCUT2D eigenvalue weighted by molar-refractivity contribution is 0.474. The summed E-state index contributed by atoms with van der Waals surface area (Å²) in [5, 5.41) is 17.0. The van der Waals surface area contributed by atoms with Gasteiger partial charge in [-0.2, -0.15) is 5.10 Å². The van der Waals surface area contributed by atoms with Crippen LogP contribution in [-0.4, -0.2) is 14.9 Å². The quantitative estimate of drug-likeness (QED) is 0.753. The normalized spacial score (nSPS) is 10.5. The van der Waals surface area contributed by atoms with Crippen molar-refractivity contribution >= 4 is 5.69 Å². The predicted molar refractivity (Wildman–Crippen MR) is 83.2 cm³/mol. The van der Waals surface area contributed by atoms with Crippen molar-refractivity contribution in [2.24, 2.45) is 0 Å². The summed E-state index contributed by atoms with van der Waals surface area (Å²) in [6, 6.07) is 17.5. The van der Waals surface area contributed by atoms with Gasteiger partial charge in [0.25, 0.3) is 0 Å². The standard InChI is InChI=1S/C17H17N3O/c21-17-4-1-3-15(11-17)12-18-16-7-5-14(6-8-16)13-20-10-2-9-19-20/h1-11,18,21H,12-13H2. The van der Waals surface area contributed by atoms with Gasteiger partial charge >= 0.3 is 0 Å². The SMILES string of the molecule is Oc1cccc(CNc2ccc(Cn3cccn3)cc2)c1. The summed E-state index contributed by atoms with van der Waals surface area (Å²) >= 11 is 0. The molecule has 4 nitrogen and oxygen atoms in total. The van der Waals surface area contributed by atoms with Crippen LogP contribution in [0, 0.1) is 0 Å². The average molecular weight is 279 g/mol. The fourth-order valence-corrected chi connectivity index (χ4v) is 2.18. The fourth-order valence-electron chi connectivity index (χ4n) is 2.18. The first-order chi connectivity index (χ1) is 10.3. The molecule has 0 unspecified atom stereocenters. The molecule has 3 rings (SSSR count). The number of anilines is 1. The maximum Gasteiger partial charge on any atom is 0.115 e. The van der Waals surface area contributed by atoms with Crippen molar-refractivity contribution in [3.8, 4) is 5.75 Å². The molecule has 0 radical (unpaired) electrons. The molecule has 0 bridgehead atoms. The zero-order valence-corrected chi connectivity index (χ0v) is 11.6. The van der Waals surface area contributed by atoms with E-state index in [-0.39, 0.29) is 0 Å². The first-order valence-electron chi connectivity index (χ1n) is 6.88. The molecule has 0 spiro atoms. The second kappa shape index (κ2) is 6.13. The monoisotopic (exact) mass is 279 g/mol. The smallest absolute Gasteiger partial charge is 0.115 e. The largest absolute Gasteiger partial charge is 0.508 e. The van der Waals surface area contributed by atoms with Gasteiger partial charge in [-0.05, 0) is 41.5 Å². The Hall–Kier alpha value is -2.75. The number of hydrogen-bond donors (Lipinski definition) is 2. The number of phenolic OH excluding ortho intramolecular Hbond substituents is 1. The fraction of sp³-hybridized carbons (Fsp3) is 0.118. The molecule has 21 heavy (non-hydrogen) atoms. The second-order valence-corrected chi connectivity index (χ2v) is 4.92. The van der Waals surface area contributed by atoms with Gasteiger partial charge in [0.1, 0.15) is 5.75 Å². The van der Waals surface area contributed by atoms with Gasteiger partial charge in [0.2, 0.25) is 0 Å². The first-order valence-corrected chi connectivity index (χ1v) is 6.88. The molecule has 0 aliphatic carbocycles.